The third-order valence-corrected chi connectivity index (χ3v) is 4.89. The number of aromatic nitrogens is 3. The summed E-state index contributed by atoms with van der Waals surface area (Å²) in [7, 11) is 2.73. The fourth-order valence-corrected chi connectivity index (χ4v) is 3.50. The lowest BCUT2D eigenvalue weighted by Gasteiger charge is -2.11. The van der Waals surface area contributed by atoms with Gasteiger partial charge in [-0.3, -0.25) is 4.79 Å². The van der Waals surface area contributed by atoms with Crippen LogP contribution < -0.4 is 10.3 Å². The largest absolute Gasteiger partial charge is 0.481 e. The average Bonchev–Trinajstić information content (AvgIpc) is 3.08. The molecule has 0 aliphatic carbocycles. The molecular weight excluding hydrogens is 389 g/mol. The van der Waals surface area contributed by atoms with Crippen LogP contribution in [0.2, 0.25) is 0 Å². The van der Waals surface area contributed by atoms with Crippen molar-refractivity contribution in [2.75, 3.05) is 14.2 Å². The van der Waals surface area contributed by atoms with E-state index in [9.17, 15) is 14.0 Å². The summed E-state index contributed by atoms with van der Waals surface area (Å²) in [6.45, 7) is 0.0480. The number of rotatable bonds is 5. The molecule has 0 amide bonds. The summed E-state index contributed by atoms with van der Waals surface area (Å²) in [6.07, 6.45) is 3.03. The molecule has 0 radical (unpaired) electrons. The first-order chi connectivity index (χ1) is 14.5. The first-order valence-corrected chi connectivity index (χ1v) is 9.11. The van der Waals surface area contributed by atoms with Crippen LogP contribution in [0.15, 0.2) is 59.7 Å². The molecule has 0 saturated carbocycles. The van der Waals surface area contributed by atoms with Gasteiger partial charge in [-0.25, -0.2) is 14.2 Å². The van der Waals surface area contributed by atoms with Gasteiger partial charge in [-0.2, -0.15) is 0 Å². The van der Waals surface area contributed by atoms with Gasteiger partial charge in [-0.1, -0.05) is 18.2 Å². The molecular formula is C22H18FN3O4. The molecule has 4 aromatic rings. The molecule has 0 aliphatic rings. The molecule has 4 rings (SSSR count). The molecule has 0 aliphatic heterocycles. The maximum atomic E-state index is 14.4. The second kappa shape index (κ2) is 7.82. The maximum Gasteiger partial charge on any atom is 0.355 e. The van der Waals surface area contributed by atoms with Crippen LogP contribution in [-0.4, -0.2) is 34.7 Å². The molecule has 0 atom stereocenters. The number of methoxy groups -OCH3 is 2. The van der Waals surface area contributed by atoms with E-state index in [2.05, 4.69) is 9.97 Å². The molecule has 7 nitrogen and oxygen atoms in total. The van der Waals surface area contributed by atoms with Crippen molar-refractivity contribution in [3.63, 3.8) is 0 Å². The SMILES string of the molecule is COC(=O)c1c(-c2ccc[nH]c2=O)c2cc(OC)ncc2n1Cc1ccccc1F. The highest BCUT2D eigenvalue weighted by Crippen LogP contribution is 2.36. The number of H-pyrrole nitrogens is 1. The van der Waals surface area contributed by atoms with E-state index >= 15 is 0 Å². The Morgan fingerprint density at radius 3 is 2.70 bits per heavy atom. The van der Waals surface area contributed by atoms with E-state index in [0.29, 0.717) is 27.9 Å². The lowest BCUT2D eigenvalue weighted by atomic mass is 10.0. The predicted octanol–water partition coefficient (Wildman–Crippen LogP) is 3.37. The fourth-order valence-electron chi connectivity index (χ4n) is 3.50. The zero-order valence-corrected chi connectivity index (χ0v) is 16.3. The Morgan fingerprint density at radius 1 is 1.20 bits per heavy atom. The van der Waals surface area contributed by atoms with Crippen LogP contribution in [0.1, 0.15) is 16.1 Å². The van der Waals surface area contributed by atoms with Crippen molar-refractivity contribution < 1.29 is 18.7 Å². The summed E-state index contributed by atoms with van der Waals surface area (Å²) >= 11 is 0. The number of halogens is 1. The van der Waals surface area contributed by atoms with Gasteiger partial charge in [0.2, 0.25) is 5.88 Å². The van der Waals surface area contributed by atoms with Gasteiger partial charge in [0.25, 0.3) is 5.56 Å². The first kappa shape index (κ1) is 19.4. The van der Waals surface area contributed by atoms with Gasteiger partial charge in [-0.05, 0) is 18.2 Å². The Balaban J connectivity index is 2.10. The highest BCUT2D eigenvalue weighted by atomic mass is 19.1. The number of carbonyl (C=O) groups excluding carboxylic acids is 1. The normalized spacial score (nSPS) is 10.9. The van der Waals surface area contributed by atoms with E-state index < -0.39 is 11.8 Å². The molecule has 1 N–H and O–H groups in total. The van der Waals surface area contributed by atoms with Gasteiger partial charge in [-0.15, -0.1) is 0 Å². The van der Waals surface area contributed by atoms with Crippen molar-refractivity contribution in [2.24, 2.45) is 0 Å². The molecule has 0 bridgehead atoms. The number of ether oxygens (including phenoxy) is 2. The second-order valence-electron chi connectivity index (χ2n) is 6.55. The minimum atomic E-state index is -0.653. The summed E-state index contributed by atoms with van der Waals surface area (Å²) < 4.78 is 26.2. The summed E-state index contributed by atoms with van der Waals surface area (Å²) in [6, 6.07) is 11.2. The molecule has 3 heterocycles. The lowest BCUT2D eigenvalue weighted by molar-refractivity contribution is 0.0590. The third kappa shape index (κ3) is 3.22. The number of nitrogens with zero attached hydrogens (tertiary/aromatic N) is 2. The number of pyridine rings is 2. The van der Waals surface area contributed by atoms with Gasteiger partial charge >= 0.3 is 5.97 Å². The van der Waals surface area contributed by atoms with E-state index in [4.69, 9.17) is 9.47 Å². The molecule has 0 unspecified atom stereocenters. The number of aromatic amines is 1. The standard InChI is InChI=1S/C22H18FN3O4/c1-29-18-10-15-17(11-25-18)26(12-13-6-3-4-8-16(13)23)20(22(28)30-2)19(15)14-7-5-9-24-21(14)27/h3-11H,12H2,1-2H3,(H,24,27). The minimum absolute atomic E-state index is 0.0480. The molecule has 8 heteroatoms. The topological polar surface area (TPSA) is 86.2 Å². The Kier molecular flexibility index (Phi) is 5.05. The van der Waals surface area contributed by atoms with Gasteiger partial charge in [0.05, 0.1) is 32.5 Å². The number of nitrogens with one attached hydrogen (secondary N) is 1. The number of esters is 1. The smallest absolute Gasteiger partial charge is 0.355 e. The van der Waals surface area contributed by atoms with Crippen molar-refractivity contribution in [3.05, 3.63) is 82.3 Å². The van der Waals surface area contributed by atoms with Gasteiger partial charge in [0, 0.05) is 34.3 Å². The number of hydrogen-bond donors (Lipinski definition) is 1. The molecule has 30 heavy (non-hydrogen) atoms. The zero-order chi connectivity index (χ0) is 21.3. The van der Waals surface area contributed by atoms with E-state index in [1.807, 2.05) is 0 Å². The fraction of sp³-hybridized carbons (Fsp3) is 0.136. The second-order valence-corrected chi connectivity index (χ2v) is 6.55. The molecule has 1 aromatic carbocycles. The van der Waals surface area contributed by atoms with E-state index in [1.165, 1.54) is 32.7 Å². The maximum absolute atomic E-state index is 14.4. The number of hydrogen-bond acceptors (Lipinski definition) is 5. The van der Waals surface area contributed by atoms with Crippen LogP contribution in [0.5, 0.6) is 5.88 Å². The quantitative estimate of drug-likeness (QED) is 0.513. The molecule has 152 valence electrons. The number of benzene rings is 1. The summed E-state index contributed by atoms with van der Waals surface area (Å²) in [5, 5.41) is 0.565. The van der Waals surface area contributed by atoms with Gasteiger partial charge in [0.15, 0.2) is 0 Å². The highest BCUT2D eigenvalue weighted by Gasteiger charge is 2.27. The van der Waals surface area contributed by atoms with Crippen LogP contribution >= 0.6 is 0 Å². The van der Waals surface area contributed by atoms with Crippen LogP contribution in [0.4, 0.5) is 4.39 Å². The van der Waals surface area contributed by atoms with Crippen LogP contribution in [0, 0.1) is 5.82 Å². The first-order valence-electron chi connectivity index (χ1n) is 9.11. The van der Waals surface area contributed by atoms with E-state index in [-0.39, 0.29) is 23.4 Å². The van der Waals surface area contributed by atoms with Crippen molar-refractivity contribution in [1.82, 2.24) is 14.5 Å². The van der Waals surface area contributed by atoms with Crippen molar-refractivity contribution in [1.29, 1.82) is 0 Å². The highest BCUT2D eigenvalue weighted by molar-refractivity contribution is 6.08. The summed E-state index contributed by atoms with van der Waals surface area (Å²) in [5.41, 5.74) is 1.33. The number of fused-ring (bicyclic) bond motifs is 1. The predicted molar refractivity (Wildman–Crippen MR) is 109 cm³/mol. The monoisotopic (exact) mass is 407 g/mol. The van der Waals surface area contributed by atoms with Gasteiger partial charge in [0.1, 0.15) is 11.5 Å². The number of carbonyl (C=O) groups is 1. The molecule has 0 fully saturated rings. The average molecular weight is 407 g/mol. The minimum Gasteiger partial charge on any atom is -0.481 e. The molecule has 3 aromatic heterocycles. The Bertz CT molecular complexity index is 1310. The van der Waals surface area contributed by atoms with Crippen LogP contribution in [0.25, 0.3) is 22.0 Å². The van der Waals surface area contributed by atoms with E-state index in [1.54, 1.807) is 41.0 Å². The van der Waals surface area contributed by atoms with Crippen LogP contribution in [0.3, 0.4) is 0 Å². The van der Waals surface area contributed by atoms with Crippen molar-refractivity contribution in [3.8, 4) is 17.0 Å². The summed E-state index contributed by atoms with van der Waals surface area (Å²) in [5.74, 6) is -0.744. The summed E-state index contributed by atoms with van der Waals surface area (Å²) in [4.78, 5) is 32.3. The van der Waals surface area contributed by atoms with Gasteiger partial charge < -0.3 is 19.0 Å². The van der Waals surface area contributed by atoms with Crippen molar-refractivity contribution in [2.45, 2.75) is 6.54 Å². The third-order valence-electron chi connectivity index (χ3n) is 4.89. The lowest BCUT2D eigenvalue weighted by Crippen LogP contribution is -2.15. The van der Waals surface area contributed by atoms with E-state index in [0.717, 1.165) is 0 Å². The Labute approximate surface area is 170 Å². The Hall–Kier alpha value is -3.94. The zero-order valence-electron chi connectivity index (χ0n) is 16.3. The Morgan fingerprint density at radius 2 is 2.00 bits per heavy atom. The molecule has 0 saturated heterocycles. The molecule has 0 spiro atoms. The van der Waals surface area contributed by atoms with Crippen LogP contribution in [-0.2, 0) is 11.3 Å². The van der Waals surface area contributed by atoms with Crippen molar-refractivity contribution >= 4 is 16.9 Å².